The number of nitrogens with one attached hydrogen (secondary N) is 1. The average molecular weight is 235 g/mol. The Morgan fingerprint density at radius 1 is 1.24 bits per heavy atom. The molecule has 0 bridgehead atoms. The fourth-order valence-electron chi connectivity index (χ4n) is 2.29. The third-order valence-corrected chi connectivity index (χ3v) is 4.07. The van der Waals surface area contributed by atoms with Crippen LogP contribution in [0.3, 0.4) is 0 Å². The van der Waals surface area contributed by atoms with Crippen LogP contribution in [0.5, 0.6) is 0 Å². The molecule has 0 aliphatic heterocycles. The minimum atomic E-state index is -0.159. The maximum absolute atomic E-state index is 12.8. The van der Waals surface area contributed by atoms with E-state index in [1.54, 1.807) is 0 Å². The summed E-state index contributed by atoms with van der Waals surface area (Å²) in [6.07, 6.45) is 3.63. The number of rotatable bonds is 5. The van der Waals surface area contributed by atoms with Crippen molar-refractivity contribution >= 4 is 0 Å². The molecule has 1 aromatic carbocycles. The normalized spacial score (nSPS) is 20.9. The minimum absolute atomic E-state index is 0.159. The molecule has 0 amide bonds. The molecule has 0 heterocycles. The van der Waals surface area contributed by atoms with Crippen LogP contribution < -0.4 is 5.32 Å². The third kappa shape index (κ3) is 3.29. The van der Waals surface area contributed by atoms with Crippen LogP contribution in [-0.2, 0) is 6.42 Å². The quantitative estimate of drug-likeness (QED) is 0.823. The third-order valence-electron chi connectivity index (χ3n) is 4.07. The maximum Gasteiger partial charge on any atom is 0.123 e. The zero-order valence-corrected chi connectivity index (χ0v) is 11.0. The molecule has 17 heavy (non-hydrogen) atoms. The van der Waals surface area contributed by atoms with Gasteiger partial charge in [-0.25, -0.2) is 4.39 Å². The summed E-state index contributed by atoms with van der Waals surface area (Å²) in [5.41, 5.74) is 1.70. The molecule has 2 rings (SSSR count). The van der Waals surface area contributed by atoms with Crippen molar-refractivity contribution < 1.29 is 4.39 Å². The van der Waals surface area contributed by atoms with Crippen LogP contribution >= 0.6 is 0 Å². The van der Waals surface area contributed by atoms with Gasteiger partial charge in [-0.1, -0.05) is 19.1 Å². The number of hydrogen-bond acceptors (Lipinski definition) is 1. The lowest BCUT2D eigenvalue weighted by Gasteiger charge is -2.25. The van der Waals surface area contributed by atoms with Crippen molar-refractivity contribution in [2.24, 2.45) is 5.41 Å². The summed E-state index contributed by atoms with van der Waals surface area (Å²) in [5.74, 6) is -0.159. The predicted octanol–water partition coefficient (Wildman–Crippen LogP) is 3.53. The van der Waals surface area contributed by atoms with Gasteiger partial charge < -0.3 is 5.32 Å². The first-order valence-electron chi connectivity index (χ1n) is 6.50. The van der Waals surface area contributed by atoms with E-state index in [4.69, 9.17) is 0 Å². The van der Waals surface area contributed by atoms with E-state index in [1.807, 2.05) is 12.1 Å². The first-order chi connectivity index (χ1) is 7.99. The first-order valence-corrected chi connectivity index (χ1v) is 6.50. The minimum Gasteiger partial charge on any atom is -0.311 e. The van der Waals surface area contributed by atoms with Gasteiger partial charge in [-0.2, -0.15) is 0 Å². The molecule has 1 saturated carbocycles. The smallest absolute Gasteiger partial charge is 0.123 e. The second-order valence-corrected chi connectivity index (χ2v) is 5.77. The second kappa shape index (κ2) is 4.77. The molecular weight excluding hydrogens is 213 g/mol. The molecule has 1 aliphatic rings. The van der Waals surface area contributed by atoms with E-state index in [-0.39, 0.29) is 5.82 Å². The van der Waals surface area contributed by atoms with Gasteiger partial charge in [-0.3, -0.25) is 0 Å². The predicted molar refractivity (Wildman–Crippen MR) is 69.5 cm³/mol. The molecule has 2 heteroatoms. The molecular formula is C15H22FN. The molecule has 0 spiro atoms. The summed E-state index contributed by atoms with van der Waals surface area (Å²) in [6, 6.07) is 7.82. The Kier molecular flexibility index (Phi) is 3.53. The van der Waals surface area contributed by atoms with E-state index in [0.717, 1.165) is 6.42 Å². The van der Waals surface area contributed by atoms with Gasteiger partial charge in [0.25, 0.3) is 0 Å². The van der Waals surface area contributed by atoms with Crippen molar-refractivity contribution in [1.82, 2.24) is 5.32 Å². The summed E-state index contributed by atoms with van der Waals surface area (Å²) in [7, 11) is 0. The molecule has 1 N–H and O–H groups in total. The maximum atomic E-state index is 12.8. The van der Waals surface area contributed by atoms with E-state index in [9.17, 15) is 4.39 Å². The monoisotopic (exact) mass is 235 g/mol. The Hall–Kier alpha value is -0.890. The largest absolute Gasteiger partial charge is 0.311 e. The summed E-state index contributed by atoms with van der Waals surface area (Å²) in [6.45, 7) is 6.81. The lowest BCUT2D eigenvalue weighted by Crippen LogP contribution is -2.40. The zero-order valence-electron chi connectivity index (χ0n) is 11.0. The van der Waals surface area contributed by atoms with Gasteiger partial charge in [0, 0.05) is 12.1 Å². The highest BCUT2D eigenvalue weighted by molar-refractivity contribution is 5.17. The number of halogens is 1. The van der Waals surface area contributed by atoms with Gasteiger partial charge in [0.15, 0.2) is 0 Å². The van der Waals surface area contributed by atoms with Crippen molar-refractivity contribution in [1.29, 1.82) is 0 Å². The van der Waals surface area contributed by atoms with Gasteiger partial charge in [-0.15, -0.1) is 0 Å². The van der Waals surface area contributed by atoms with Crippen LogP contribution in [0, 0.1) is 11.2 Å². The van der Waals surface area contributed by atoms with Crippen LogP contribution in [0.15, 0.2) is 24.3 Å². The molecule has 1 aliphatic carbocycles. The summed E-state index contributed by atoms with van der Waals surface area (Å²) >= 11 is 0. The van der Waals surface area contributed by atoms with E-state index >= 15 is 0 Å². The van der Waals surface area contributed by atoms with Crippen molar-refractivity contribution in [3.8, 4) is 0 Å². The van der Waals surface area contributed by atoms with Crippen LogP contribution in [0.1, 0.15) is 39.2 Å². The Balaban J connectivity index is 1.84. The molecule has 2 atom stereocenters. The van der Waals surface area contributed by atoms with Crippen LogP contribution in [0.4, 0.5) is 4.39 Å². The van der Waals surface area contributed by atoms with Crippen LogP contribution in [0.25, 0.3) is 0 Å². The Morgan fingerprint density at radius 3 is 2.35 bits per heavy atom. The lowest BCUT2D eigenvalue weighted by molar-refractivity contribution is 0.346. The van der Waals surface area contributed by atoms with Gasteiger partial charge in [0.05, 0.1) is 0 Å². The van der Waals surface area contributed by atoms with Crippen molar-refractivity contribution in [2.75, 3.05) is 0 Å². The Labute approximate surface area is 103 Å². The molecule has 1 aromatic rings. The highest BCUT2D eigenvalue weighted by Gasteiger charge is 2.42. The fraction of sp³-hybridized carbons (Fsp3) is 0.600. The lowest BCUT2D eigenvalue weighted by atomic mass is 9.98. The summed E-state index contributed by atoms with van der Waals surface area (Å²) in [5, 5.41) is 3.65. The number of hydrogen-bond donors (Lipinski definition) is 1. The van der Waals surface area contributed by atoms with Crippen molar-refractivity contribution in [2.45, 2.75) is 52.1 Å². The SMILES string of the molecule is CC(Cc1ccc(F)cc1)NC(C)C1(C)CC1. The first kappa shape index (κ1) is 12.6. The van der Waals surface area contributed by atoms with Gasteiger partial charge in [0.1, 0.15) is 5.82 Å². The van der Waals surface area contributed by atoms with Crippen molar-refractivity contribution in [3.63, 3.8) is 0 Å². The molecule has 0 radical (unpaired) electrons. The van der Waals surface area contributed by atoms with E-state index < -0.39 is 0 Å². The fourth-order valence-corrected chi connectivity index (χ4v) is 2.29. The molecule has 94 valence electrons. The van der Waals surface area contributed by atoms with Gasteiger partial charge in [0.2, 0.25) is 0 Å². The van der Waals surface area contributed by atoms with Gasteiger partial charge >= 0.3 is 0 Å². The Morgan fingerprint density at radius 2 is 1.82 bits per heavy atom. The highest BCUT2D eigenvalue weighted by atomic mass is 19.1. The average Bonchev–Trinajstić information content (AvgIpc) is 3.01. The molecule has 2 unspecified atom stereocenters. The molecule has 1 fully saturated rings. The van der Waals surface area contributed by atoms with Crippen LogP contribution in [0.2, 0.25) is 0 Å². The second-order valence-electron chi connectivity index (χ2n) is 5.77. The van der Waals surface area contributed by atoms with Crippen molar-refractivity contribution in [3.05, 3.63) is 35.6 Å². The summed E-state index contributed by atoms with van der Waals surface area (Å²) in [4.78, 5) is 0. The van der Waals surface area contributed by atoms with E-state index in [1.165, 1.54) is 30.5 Å². The van der Waals surface area contributed by atoms with E-state index in [0.29, 0.717) is 17.5 Å². The molecule has 1 nitrogen and oxygen atoms in total. The molecule has 0 saturated heterocycles. The number of benzene rings is 1. The topological polar surface area (TPSA) is 12.0 Å². The Bertz CT molecular complexity index is 367. The zero-order chi connectivity index (χ0) is 12.5. The van der Waals surface area contributed by atoms with E-state index in [2.05, 4.69) is 26.1 Å². The highest BCUT2D eigenvalue weighted by Crippen LogP contribution is 2.48. The van der Waals surface area contributed by atoms with Gasteiger partial charge in [-0.05, 0) is 56.2 Å². The summed E-state index contributed by atoms with van der Waals surface area (Å²) < 4.78 is 12.8. The van der Waals surface area contributed by atoms with Crippen LogP contribution in [-0.4, -0.2) is 12.1 Å². The molecule has 0 aromatic heterocycles. The standard InChI is InChI=1S/C15H22FN/c1-11(17-12(2)15(3)8-9-15)10-13-4-6-14(16)7-5-13/h4-7,11-12,17H,8-10H2,1-3H3.